The molecule has 0 atom stereocenters. The van der Waals surface area contributed by atoms with Crippen molar-refractivity contribution < 1.29 is 14.3 Å². The fourth-order valence-corrected chi connectivity index (χ4v) is 2.19. The summed E-state index contributed by atoms with van der Waals surface area (Å²) in [6.07, 6.45) is 0. The molecule has 2 aromatic rings. The van der Waals surface area contributed by atoms with Gasteiger partial charge in [0, 0.05) is 28.9 Å². The van der Waals surface area contributed by atoms with Gasteiger partial charge in [0.2, 0.25) is 0 Å². The highest BCUT2D eigenvalue weighted by Crippen LogP contribution is 2.14. The van der Waals surface area contributed by atoms with Crippen molar-refractivity contribution in [2.24, 2.45) is 0 Å². The van der Waals surface area contributed by atoms with E-state index in [2.05, 4.69) is 27.9 Å². The van der Waals surface area contributed by atoms with Crippen LogP contribution in [0.5, 0.6) is 5.75 Å². The zero-order chi connectivity index (χ0) is 16.8. The topological polar surface area (TPSA) is 58.6 Å². The Hall–Kier alpha value is -2.09. The molecule has 2 rings (SSSR count). The van der Waals surface area contributed by atoms with Gasteiger partial charge in [0.1, 0.15) is 5.75 Å². The molecule has 0 unspecified atom stereocenters. The van der Waals surface area contributed by atoms with Crippen LogP contribution in [-0.2, 0) is 4.79 Å². The van der Waals surface area contributed by atoms with E-state index >= 15 is 0 Å². The van der Waals surface area contributed by atoms with Gasteiger partial charge in [-0.3, -0.25) is 9.59 Å². The fourth-order valence-electron chi connectivity index (χ4n) is 1.83. The number of nitrogens with zero attached hydrogens (tertiary/aromatic N) is 1. The average Bonchev–Trinajstić information content (AvgIpc) is 2.54. The lowest BCUT2D eigenvalue weighted by molar-refractivity contribution is -0.118. The third kappa shape index (κ3) is 5.24. The molecule has 0 aliphatic rings. The average molecular weight is 424 g/mol. The van der Waals surface area contributed by atoms with Crippen LogP contribution in [0.3, 0.4) is 0 Å². The van der Waals surface area contributed by atoms with Crippen LogP contribution >= 0.6 is 22.6 Å². The first-order chi connectivity index (χ1) is 11.0. The van der Waals surface area contributed by atoms with Crippen molar-refractivity contribution in [2.75, 3.05) is 26.0 Å². The Labute approximate surface area is 148 Å². The molecule has 0 heterocycles. The third-order valence-electron chi connectivity index (χ3n) is 3.01. The number of hydrogen-bond donors (Lipinski definition) is 1. The molecule has 2 aromatic carbocycles. The number of anilines is 1. The Bertz CT molecular complexity index is 682. The molecule has 1 N–H and O–H groups in total. The van der Waals surface area contributed by atoms with Gasteiger partial charge in [0.05, 0.1) is 0 Å². The molecule has 0 saturated carbocycles. The summed E-state index contributed by atoms with van der Waals surface area (Å²) in [4.78, 5) is 25.1. The molecule has 0 aliphatic heterocycles. The number of nitrogens with one attached hydrogen (secondary N) is 1. The van der Waals surface area contributed by atoms with Gasteiger partial charge < -0.3 is 15.0 Å². The molecule has 0 fully saturated rings. The Morgan fingerprint density at radius 2 is 1.65 bits per heavy atom. The minimum atomic E-state index is -0.254. The summed E-state index contributed by atoms with van der Waals surface area (Å²) in [5, 5.41) is 2.73. The van der Waals surface area contributed by atoms with Crippen molar-refractivity contribution in [2.45, 2.75) is 0 Å². The smallest absolute Gasteiger partial charge is 0.262 e. The van der Waals surface area contributed by atoms with Gasteiger partial charge in [-0.1, -0.05) is 0 Å². The van der Waals surface area contributed by atoms with Gasteiger partial charge in [0.25, 0.3) is 11.8 Å². The summed E-state index contributed by atoms with van der Waals surface area (Å²) in [6.45, 7) is -0.0705. The Morgan fingerprint density at radius 3 is 2.22 bits per heavy atom. The van der Waals surface area contributed by atoms with E-state index in [-0.39, 0.29) is 18.4 Å². The molecule has 23 heavy (non-hydrogen) atoms. The van der Waals surface area contributed by atoms with E-state index in [1.165, 1.54) is 4.90 Å². The Kier molecular flexibility index (Phi) is 5.97. The number of carbonyl (C=O) groups is 2. The molecule has 0 aromatic heterocycles. The van der Waals surface area contributed by atoms with Crippen LogP contribution in [0.15, 0.2) is 48.5 Å². The monoisotopic (exact) mass is 424 g/mol. The highest BCUT2D eigenvalue weighted by molar-refractivity contribution is 14.1. The molecule has 0 aliphatic carbocycles. The van der Waals surface area contributed by atoms with Crippen molar-refractivity contribution in [1.29, 1.82) is 0 Å². The number of ether oxygens (including phenoxy) is 1. The van der Waals surface area contributed by atoms with E-state index in [4.69, 9.17) is 4.74 Å². The Morgan fingerprint density at radius 1 is 1.04 bits per heavy atom. The van der Waals surface area contributed by atoms with E-state index in [0.29, 0.717) is 17.0 Å². The van der Waals surface area contributed by atoms with Crippen LogP contribution in [0.4, 0.5) is 5.69 Å². The van der Waals surface area contributed by atoms with E-state index in [1.807, 2.05) is 24.3 Å². The molecule has 2 amide bonds. The van der Waals surface area contributed by atoms with Gasteiger partial charge in [-0.2, -0.15) is 0 Å². The standard InChI is InChI=1S/C17H17IN2O3/c1-20(2)17(22)12-3-7-14(8-4-12)19-16(21)11-23-15-9-5-13(18)6-10-15/h3-10H,11H2,1-2H3,(H,19,21). The Balaban J connectivity index is 1.87. The number of halogens is 1. The zero-order valence-electron chi connectivity index (χ0n) is 12.9. The molecular weight excluding hydrogens is 407 g/mol. The summed E-state index contributed by atoms with van der Waals surface area (Å²) in [7, 11) is 3.39. The lowest BCUT2D eigenvalue weighted by Gasteiger charge is -2.11. The first-order valence-corrected chi connectivity index (χ1v) is 8.03. The lowest BCUT2D eigenvalue weighted by atomic mass is 10.2. The van der Waals surface area contributed by atoms with E-state index < -0.39 is 0 Å². The summed E-state index contributed by atoms with van der Waals surface area (Å²) >= 11 is 2.20. The second-order valence-electron chi connectivity index (χ2n) is 5.07. The van der Waals surface area contributed by atoms with Crippen molar-refractivity contribution >= 4 is 40.1 Å². The second kappa shape index (κ2) is 7.96. The lowest BCUT2D eigenvalue weighted by Crippen LogP contribution is -2.22. The largest absolute Gasteiger partial charge is 0.484 e. The molecule has 0 bridgehead atoms. The van der Waals surface area contributed by atoms with Crippen molar-refractivity contribution in [3.05, 3.63) is 57.7 Å². The van der Waals surface area contributed by atoms with E-state index in [1.54, 1.807) is 38.4 Å². The van der Waals surface area contributed by atoms with E-state index in [0.717, 1.165) is 3.57 Å². The number of rotatable bonds is 5. The zero-order valence-corrected chi connectivity index (χ0v) is 15.0. The quantitative estimate of drug-likeness (QED) is 0.751. The van der Waals surface area contributed by atoms with Gasteiger partial charge in [-0.15, -0.1) is 0 Å². The van der Waals surface area contributed by atoms with Crippen LogP contribution in [-0.4, -0.2) is 37.4 Å². The maximum atomic E-state index is 11.9. The van der Waals surface area contributed by atoms with E-state index in [9.17, 15) is 9.59 Å². The molecule has 0 spiro atoms. The molecule has 0 saturated heterocycles. The van der Waals surface area contributed by atoms with Gasteiger partial charge in [-0.25, -0.2) is 0 Å². The molecule has 0 radical (unpaired) electrons. The summed E-state index contributed by atoms with van der Waals surface area (Å²) < 4.78 is 6.52. The van der Waals surface area contributed by atoms with Gasteiger partial charge in [0.15, 0.2) is 6.61 Å². The first-order valence-electron chi connectivity index (χ1n) is 6.95. The summed E-state index contributed by atoms with van der Waals surface area (Å²) in [5.74, 6) is 0.313. The van der Waals surface area contributed by atoms with Crippen LogP contribution in [0.1, 0.15) is 10.4 Å². The van der Waals surface area contributed by atoms with Gasteiger partial charge >= 0.3 is 0 Å². The molecule has 5 nitrogen and oxygen atoms in total. The molecule has 6 heteroatoms. The maximum Gasteiger partial charge on any atom is 0.262 e. The molecular formula is C17H17IN2O3. The van der Waals surface area contributed by atoms with Crippen LogP contribution in [0.2, 0.25) is 0 Å². The number of benzene rings is 2. The number of hydrogen-bond acceptors (Lipinski definition) is 3. The predicted octanol–water partition coefficient (Wildman–Crippen LogP) is 3.01. The van der Waals surface area contributed by atoms with Crippen LogP contribution in [0, 0.1) is 3.57 Å². The highest BCUT2D eigenvalue weighted by Gasteiger charge is 2.08. The first kappa shape index (κ1) is 17.3. The summed E-state index contributed by atoms with van der Waals surface area (Å²) in [5.41, 5.74) is 1.19. The summed E-state index contributed by atoms with van der Waals surface area (Å²) in [6, 6.07) is 14.2. The normalized spacial score (nSPS) is 10.0. The predicted molar refractivity (Wildman–Crippen MR) is 97.7 cm³/mol. The minimum Gasteiger partial charge on any atom is -0.484 e. The van der Waals surface area contributed by atoms with Crippen molar-refractivity contribution in [1.82, 2.24) is 4.90 Å². The molecule has 120 valence electrons. The second-order valence-corrected chi connectivity index (χ2v) is 6.31. The number of carbonyl (C=O) groups excluding carboxylic acids is 2. The van der Waals surface area contributed by atoms with Crippen LogP contribution in [0.25, 0.3) is 0 Å². The minimum absolute atomic E-state index is 0.0705. The third-order valence-corrected chi connectivity index (χ3v) is 3.72. The van der Waals surface area contributed by atoms with Crippen LogP contribution < -0.4 is 10.1 Å². The maximum absolute atomic E-state index is 11.9. The van der Waals surface area contributed by atoms with Crippen molar-refractivity contribution in [3.63, 3.8) is 0 Å². The van der Waals surface area contributed by atoms with Crippen molar-refractivity contribution in [3.8, 4) is 5.75 Å². The number of amides is 2. The van der Waals surface area contributed by atoms with Gasteiger partial charge in [-0.05, 0) is 71.1 Å². The fraction of sp³-hybridized carbons (Fsp3) is 0.176. The SMILES string of the molecule is CN(C)C(=O)c1ccc(NC(=O)COc2ccc(I)cc2)cc1. The highest BCUT2D eigenvalue weighted by atomic mass is 127.